The van der Waals surface area contributed by atoms with Gasteiger partial charge in [-0.3, -0.25) is 0 Å². The van der Waals surface area contributed by atoms with Gasteiger partial charge in [-0.15, -0.1) is 0 Å². The van der Waals surface area contributed by atoms with Crippen molar-refractivity contribution in [1.29, 1.82) is 0 Å². The van der Waals surface area contributed by atoms with Crippen LogP contribution in [0.5, 0.6) is 0 Å². The summed E-state index contributed by atoms with van der Waals surface area (Å²) in [7, 11) is 2.53. The third kappa shape index (κ3) is 1.27. The van der Waals surface area contributed by atoms with E-state index in [2.05, 4.69) is 20.9 Å². The van der Waals surface area contributed by atoms with Crippen LogP contribution in [0.25, 0.3) is 0 Å². The van der Waals surface area contributed by atoms with Crippen LogP contribution in [0.3, 0.4) is 0 Å². The Morgan fingerprint density at radius 3 is 2.88 bits per heavy atom. The van der Waals surface area contributed by atoms with E-state index in [1.165, 1.54) is 56.1 Å². The van der Waals surface area contributed by atoms with E-state index in [0.717, 1.165) is 5.92 Å². The third-order valence-electron chi connectivity index (χ3n) is 5.92. The molecule has 0 N–H and O–H groups in total. The lowest BCUT2D eigenvalue weighted by Crippen LogP contribution is -2.67. The lowest BCUT2D eigenvalue weighted by molar-refractivity contribution is -0.961. The topological polar surface area (TPSA) is 0 Å². The minimum atomic E-state index is 0.511. The van der Waals surface area contributed by atoms with Gasteiger partial charge in [0.25, 0.3) is 0 Å². The Labute approximate surface area is 100 Å². The van der Waals surface area contributed by atoms with Gasteiger partial charge in [0.1, 0.15) is 5.54 Å². The Morgan fingerprint density at radius 2 is 2.06 bits per heavy atom. The van der Waals surface area contributed by atoms with Gasteiger partial charge in [0.05, 0.1) is 20.1 Å². The first-order valence-corrected chi connectivity index (χ1v) is 7.11. The summed E-state index contributed by atoms with van der Waals surface area (Å²) in [6, 6.07) is 0. The first-order chi connectivity index (χ1) is 7.55. The predicted octanol–water partition coefficient (Wildman–Crippen LogP) is 3.51. The van der Waals surface area contributed by atoms with E-state index in [4.69, 9.17) is 0 Å². The summed E-state index contributed by atoms with van der Waals surface area (Å²) < 4.78 is 1.34. The highest BCUT2D eigenvalue weighted by molar-refractivity contribution is 5.30. The van der Waals surface area contributed by atoms with E-state index in [9.17, 15) is 0 Å². The summed E-state index contributed by atoms with van der Waals surface area (Å²) >= 11 is 0. The molecule has 1 aliphatic carbocycles. The average molecular weight is 220 g/mol. The summed E-state index contributed by atoms with van der Waals surface area (Å²) in [6.07, 6.45) is 8.54. The molecule has 0 saturated carbocycles. The number of likely N-dealkylation sites (N-methyl/N-ethyl adjacent to an activating group) is 1. The zero-order chi connectivity index (χ0) is 11.4. The fourth-order valence-corrected chi connectivity index (χ4v) is 4.71. The first-order valence-electron chi connectivity index (χ1n) is 7.11. The molecule has 3 aliphatic rings. The molecule has 3 atom stereocenters. The number of hydrogen-bond donors (Lipinski definition) is 0. The summed E-state index contributed by atoms with van der Waals surface area (Å²) in [5.74, 6) is 0.932. The van der Waals surface area contributed by atoms with Crippen molar-refractivity contribution in [3.63, 3.8) is 0 Å². The maximum absolute atomic E-state index is 2.57. The van der Waals surface area contributed by atoms with E-state index in [1.807, 2.05) is 11.1 Å². The van der Waals surface area contributed by atoms with Crippen molar-refractivity contribution in [2.24, 2.45) is 5.92 Å². The van der Waals surface area contributed by atoms with Crippen molar-refractivity contribution in [3.8, 4) is 0 Å². The number of rotatable bonds is 0. The van der Waals surface area contributed by atoms with Crippen molar-refractivity contribution in [2.45, 2.75) is 57.9 Å². The Balaban J connectivity index is 2.02. The summed E-state index contributed by atoms with van der Waals surface area (Å²) in [5, 5.41) is 0. The van der Waals surface area contributed by atoms with Crippen LogP contribution < -0.4 is 0 Å². The van der Waals surface area contributed by atoms with Crippen molar-refractivity contribution >= 4 is 0 Å². The predicted molar refractivity (Wildman–Crippen MR) is 68.2 cm³/mol. The molecule has 0 radical (unpaired) electrons. The molecule has 16 heavy (non-hydrogen) atoms. The molecule has 0 spiro atoms. The van der Waals surface area contributed by atoms with E-state index in [-0.39, 0.29) is 0 Å². The normalized spacial score (nSPS) is 47.8. The van der Waals surface area contributed by atoms with Crippen molar-refractivity contribution < 1.29 is 4.48 Å². The number of hydrogen-bond acceptors (Lipinski definition) is 0. The largest absolute Gasteiger partial charge is 0.317 e. The quantitative estimate of drug-likeness (QED) is 0.433. The first kappa shape index (κ1) is 10.8. The van der Waals surface area contributed by atoms with E-state index in [1.54, 1.807) is 0 Å². The van der Waals surface area contributed by atoms with Gasteiger partial charge >= 0.3 is 0 Å². The van der Waals surface area contributed by atoms with Gasteiger partial charge < -0.3 is 4.48 Å². The minimum absolute atomic E-state index is 0.511. The third-order valence-corrected chi connectivity index (χ3v) is 5.92. The van der Waals surface area contributed by atoms with Crippen molar-refractivity contribution in [3.05, 3.63) is 11.1 Å². The van der Waals surface area contributed by atoms with Gasteiger partial charge in [-0.25, -0.2) is 0 Å². The van der Waals surface area contributed by atoms with Crippen molar-refractivity contribution in [1.82, 2.24) is 0 Å². The van der Waals surface area contributed by atoms with Gasteiger partial charge in [-0.05, 0) is 38.2 Å². The summed E-state index contributed by atoms with van der Waals surface area (Å²) in [6.45, 7) is 7.83. The van der Waals surface area contributed by atoms with Crippen LogP contribution in [-0.4, -0.2) is 30.2 Å². The van der Waals surface area contributed by atoms with Crippen LogP contribution in [0.2, 0.25) is 0 Å². The zero-order valence-corrected chi connectivity index (χ0v) is 11.2. The van der Waals surface area contributed by atoms with E-state index < -0.39 is 0 Å². The Hall–Kier alpha value is -0.300. The molecule has 90 valence electrons. The number of fused-ring (bicyclic) bond motifs is 2. The lowest BCUT2D eigenvalue weighted by atomic mass is 9.72. The van der Waals surface area contributed by atoms with Gasteiger partial charge in [0.15, 0.2) is 0 Å². The smallest absolute Gasteiger partial charge is 0.118 e. The van der Waals surface area contributed by atoms with E-state index in [0.29, 0.717) is 5.54 Å². The van der Waals surface area contributed by atoms with Crippen LogP contribution in [-0.2, 0) is 0 Å². The van der Waals surface area contributed by atoms with Crippen LogP contribution in [0, 0.1) is 5.92 Å². The number of quaternary nitrogens is 1. The molecule has 2 heterocycles. The van der Waals surface area contributed by atoms with Gasteiger partial charge in [-0.2, -0.15) is 0 Å². The van der Waals surface area contributed by atoms with Gasteiger partial charge in [0, 0.05) is 18.8 Å². The molecule has 0 bridgehead atoms. The second-order valence-electron chi connectivity index (χ2n) is 6.91. The molecule has 0 aromatic heterocycles. The molecular formula is C15H26N+. The molecule has 1 saturated heterocycles. The molecule has 0 unspecified atom stereocenters. The SMILES string of the molecule is C[C@@H]1CC[C@@]2(C)C3=C(CCC3)CC[N@@+]2(C)C1. The Kier molecular flexibility index (Phi) is 2.27. The fraction of sp³-hybridized carbons (Fsp3) is 0.867. The molecular weight excluding hydrogens is 194 g/mol. The highest BCUT2D eigenvalue weighted by atomic mass is 15.4. The average Bonchev–Trinajstić information content (AvgIpc) is 2.70. The second kappa shape index (κ2) is 3.35. The Morgan fingerprint density at radius 1 is 1.25 bits per heavy atom. The second-order valence-corrected chi connectivity index (χ2v) is 6.91. The van der Waals surface area contributed by atoms with Gasteiger partial charge in [-0.1, -0.05) is 12.5 Å². The molecule has 1 heteroatoms. The van der Waals surface area contributed by atoms with Gasteiger partial charge in [0.2, 0.25) is 0 Å². The molecule has 3 rings (SSSR count). The molecule has 1 nitrogen and oxygen atoms in total. The van der Waals surface area contributed by atoms with Crippen LogP contribution in [0.1, 0.15) is 52.4 Å². The van der Waals surface area contributed by atoms with Crippen LogP contribution in [0.15, 0.2) is 11.1 Å². The van der Waals surface area contributed by atoms with Crippen LogP contribution >= 0.6 is 0 Å². The minimum Gasteiger partial charge on any atom is -0.317 e. The fourth-order valence-electron chi connectivity index (χ4n) is 4.71. The maximum Gasteiger partial charge on any atom is 0.118 e. The Bertz CT molecular complexity index is 343. The highest BCUT2D eigenvalue weighted by Gasteiger charge is 2.53. The lowest BCUT2D eigenvalue weighted by Gasteiger charge is -2.57. The number of piperidine rings is 1. The molecule has 1 fully saturated rings. The number of nitrogens with zero attached hydrogens (tertiary/aromatic N) is 1. The maximum atomic E-state index is 2.57. The molecule has 2 aliphatic heterocycles. The summed E-state index contributed by atoms with van der Waals surface area (Å²) in [4.78, 5) is 0. The zero-order valence-electron chi connectivity index (χ0n) is 11.2. The molecule has 0 amide bonds. The highest BCUT2D eigenvalue weighted by Crippen LogP contribution is 2.50. The van der Waals surface area contributed by atoms with Crippen molar-refractivity contribution in [2.75, 3.05) is 20.1 Å². The molecule has 0 aromatic carbocycles. The molecule has 0 aromatic rings. The summed E-state index contributed by atoms with van der Waals surface area (Å²) in [5.41, 5.74) is 4.25. The standard InChI is InChI=1S/C15H26N/c1-12-7-9-15(2)14-6-4-5-13(14)8-10-16(15,3)11-12/h12H,4-11H2,1-3H3/q+1/t12-,15+,16+/m1/s1. The van der Waals surface area contributed by atoms with Crippen LogP contribution in [0.4, 0.5) is 0 Å². The van der Waals surface area contributed by atoms with E-state index >= 15 is 0 Å². The monoisotopic (exact) mass is 220 g/mol.